The predicted molar refractivity (Wildman–Crippen MR) is 96.8 cm³/mol. The van der Waals surface area contributed by atoms with Gasteiger partial charge in [-0.25, -0.2) is 9.78 Å². The third-order valence-electron chi connectivity index (χ3n) is 3.97. The third kappa shape index (κ3) is 2.81. The molecule has 0 bridgehead atoms. The summed E-state index contributed by atoms with van der Waals surface area (Å²) >= 11 is 0. The number of carboxylic acid groups (broad SMARTS) is 1. The van der Waals surface area contributed by atoms with Gasteiger partial charge in [-0.2, -0.15) is 0 Å². The quantitative estimate of drug-likeness (QED) is 0.736. The Morgan fingerprint density at radius 3 is 2.54 bits per heavy atom. The molecule has 0 spiro atoms. The topological polar surface area (TPSA) is 105 Å². The molecule has 0 aliphatic carbocycles. The number of methoxy groups -OCH3 is 1. The number of aromatic nitrogens is 2. The minimum absolute atomic E-state index is 0.113. The van der Waals surface area contributed by atoms with Crippen molar-refractivity contribution >= 4 is 22.8 Å². The highest BCUT2D eigenvalue weighted by Crippen LogP contribution is 2.29. The van der Waals surface area contributed by atoms with Crippen LogP contribution in [0, 0.1) is 0 Å². The van der Waals surface area contributed by atoms with Crippen molar-refractivity contribution < 1.29 is 19.7 Å². The van der Waals surface area contributed by atoms with Gasteiger partial charge in [-0.1, -0.05) is 0 Å². The van der Waals surface area contributed by atoms with Crippen molar-refractivity contribution in [3.05, 3.63) is 52.3 Å². The molecule has 0 aliphatic rings. The number of aromatic hydroxyl groups is 1. The number of fused-ring (bicyclic) bond motifs is 1. The van der Waals surface area contributed by atoms with E-state index in [2.05, 4.69) is 4.98 Å². The van der Waals surface area contributed by atoms with Crippen molar-refractivity contribution in [2.45, 2.75) is 0 Å². The normalized spacial score (nSPS) is 10.7. The lowest BCUT2D eigenvalue weighted by atomic mass is 10.1. The number of pyridine rings is 2. The van der Waals surface area contributed by atoms with E-state index in [9.17, 15) is 19.8 Å². The van der Waals surface area contributed by atoms with Gasteiger partial charge in [-0.05, 0) is 24.3 Å². The second kappa shape index (κ2) is 6.40. The number of benzene rings is 1. The average molecular weight is 355 g/mol. The molecule has 0 unspecified atom stereocenters. The highest BCUT2D eigenvalue weighted by Gasteiger charge is 2.17. The Morgan fingerprint density at radius 1 is 1.23 bits per heavy atom. The molecule has 1 aromatic carbocycles. The monoisotopic (exact) mass is 355 g/mol. The zero-order valence-electron chi connectivity index (χ0n) is 14.4. The van der Waals surface area contributed by atoms with Crippen molar-refractivity contribution in [2.24, 2.45) is 0 Å². The van der Waals surface area contributed by atoms with Gasteiger partial charge in [0.25, 0.3) is 0 Å². The molecule has 8 nitrogen and oxygen atoms in total. The molecule has 3 aromatic rings. The number of aromatic carboxylic acids is 1. The Labute approximate surface area is 148 Å². The summed E-state index contributed by atoms with van der Waals surface area (Å²) in [4.78, 5) is 30.2. The van der Waals surface area contributed by atoms with Crippen molar-refractivity contribution in [1.29, 1.82) is 0 Å². The summed E-state index contributed by atoms with van der Waals surface area (Å²) < 4.78 is 6.49. The number of carboxylic acids is 1. The largest absolute Gasteiger partial charge is 0.504 e. The Morgan fingerprint density at radius 2 is 1.96 bits per heavy atom. The van der Waals surface area contributed by atoms with Gasteiger partial charge in [0, 0.05) is 26.4 Å². The first-order chi connectivity index (χ1) is 12.3. The van der Waals surface area contributed by atoms with Gasteiger partial charge in [0.15, 0.2) is 17.1 Å². The van der Waals surface area contributed by atoms with E-state index >= 15 is 0 Å². The third-order valence-corrected chi connectivity index (χ3v) is 3.97. The smallest absolute Gasteiger partial charge is 0.341 e. The van der Waals surface area contributed by atoms with Gasteiger partial charge in [-0.3, -0.25) is 4.79 Å². The number of nitrogens with zero attached hydrogens (tertiary/aromatic N) is 3. The molecule has 2 N–H and O–H groups in total. The van der Waals surface area contributed by atoms with Crippen LogP contribution in [0.1, 0.15) is 10.4 Å². The standard InChI is InChI=1S/C18H17N3O5/c1-20(2)15-7-5-11-16(23)12(18(24)25)9-21(17(11)19-15)10-4-6-14(26-3)13(22)8-10/h4-9,22H,1-3H3,(H,24,25). The Balaban J connectivity index is 2.39. The lowest BCUT2D eigenvalue weighted by molar-refractivity contribution is 0.0695. The SMILES string of the molecule is COc1ccc(-n2cc(C(=O)O)c(=O)c3ccc(N(C)C)nc32)cc1O. The van der Waals surface area contributed by atoms with E-state index in [0.29, 0.717) is 11.5 Å². The molecule has 0 saturated heterocycles. The molecule has 134 valence electrons. The first-order valence-corrected chi connectivity index (χ1v) is 7.68. The Bertz CT molecular complexity index is 1070. The van der Waals surface area contributed by atoms with Crippen molar-refractivity contribution in [3.63, 3.8) is 0 Å². The van der Waals surface area contributed by atoms with E-state index in [0.717, 1.165) is 0 Å². The minimum atomic E-state index is -1.33. The number of anilines is 1. The summed E-state index contributed by atoms with van der Waals surface area (Å²) in [5.74, 6) is -0.566. The maximum absolute atomic E-state index is 12.5. The summed E-state index contributed by atoms with van der Waals surface area (Å²) in [5, 5.41) is 19.6. The van der Waals surface area contributed by atoms with Crippen molar-refractivity contribution in [1.82, 2.24) is 9.55 Å². The van der Waals surface area contributed by atoms with E-state index in [1.54, 1.807) is 43.3 Å². The van der Waals surface area contributed by atoms with Gasteiger partial charge in [0.1, 0.15) is 11.4 Å². The first-order valence-electron chi connectivity index (χ1n) is 7.68. The molecule has 0 radical (unpaired) electrons. The van der Waals surface area contributed by atoms with E-state index in [1.165, 1.54) is 23.9 Å². The van der Waals surface area contributed by atoms with E-state index in [-0.39, 0.29) is 28.1 Å². The predicted octanol–water partition coefficient (Wildman–Crippen LogP) is 1.86. The number of carbonyl (C=O) groups is 1. The molecule has 26 heavy (non-hydrogen) atoms. The second-order valence-corrected chi connectivity index (χ2v) is 5.84. The van der Waals surface area contributed by atoms with Crippen LogP contribution < -0.4 is 15.1 Å². The highest BCUT2D eigenvalue weighted by atomic mass is 16.5. The second-order valence-electron chi connectivity index (χ2n) is 5.84. The maximum atomic E-state index is 12.5. The highest BCUT2D eigenvalue weighted by molar-refractivity contribution is 5.92. The van der Waals surface area contributed by atoms with Crippen LogP contribution in [0.2, 0.25) is 0 Å². The lowest BCUT2D eigenvalue weighted by Crippen LogP contribution is -2.20. The fraction of sp³-hybridized carbons (Fsp3) is 0.167. The summed E-state index contributed by atoms with van der Waals surface area (Å²) in [6.45, 7) is 0. The van der Waals surface area contributed by atoms with E-state index in [4.69, 9.17) is 4.74 Å². The molecule has 2 aromatic heterocycles. The molecule has 0 aliphatic heterocycles. The maximum Gasteiger partial charge on any atom is 0.341 e. The van der Waals surface area contributed by atoms with E-state index < -0.39 is 11.4 Å². The summed E-state index contributed by atoms with van der Waals surface area (Å²) in [7, 11) is 5.04. The van der Waals surface area contributed by atoms with Crippen LogP contribution in [0.3, 0.4) is 0 Å². The van der Waals surface area contributed by atoms with Crippen LogP contribution in [0.4, 0.5) is 5.82 Å². The fourth-order valence-electron chi connectivity index (χ4n) is 2.62. The van der Waals surface area contributed by atoms with Crippen molar-refractivity contribution in [2.75, 3.05) is 26.1 Å². The number of hydrogen-bond donors (Lipinski definition) is 2. The zero-order chi connectivity index (χ0) is 19.0. The van der Waals surface area contributed by atoms with Crippen molar-refractivity contribution in [3.8, 4) is 17.2 Å². The molecule has 0 fully saturated rings. The Kier molecular flexibility index (Phi) is 4.25. The van der Waals surface area contributed by atoms with Crippen LogP contribution in [-0.4, -0.2) is 46.9 Å². The summed E-state index contributed by atoms with van der Waals surface area (Å²) in [6, 6.07) is 7.79. The molecule has 0 saturated carbocycles. The number of ether oxygens (including phenoxy) is 1. The van der Waals surface area contributed by atoms with Crippen LogP contribution in [-0.2, 0) is 0 Å². The first kappa shape index (κ1) is 17.3. The zero-order valence-corrected chi connectivity index (χ0v) is 14.4. The van der Waals surface area contributed by atoms with Gasteiger partial charge >= 0.3 is 5.97 Å². The molecule has 3 rings (SSSR count). The Hall–Kier alpha value is -3.55. The van der Waals surface area contributed by atoms with Crippen LogP contribution in [0.5, 0.6) is 11.5 Å². The molecular formula is C18H17N3O5. The molecular weight excluding hydrogens is 338 g/mol. The van der Waals surface area contributed by atoms with Gasteiger partial charge in [0.05, 0.1) is 18.2 Å². The summed E-state index contributed by atoms with van der Waals surface area (Å²) in [5.41, 5.74) is -0.263. The number of phenols is 1. The minimum Gasteiger partial charge on any atom is -0.504 e. The fourth-order valence-corrected chi connectivity index (χ4v) is 2.62. The van der Waals surface area contributed by atoms with Crippen LogP contribution in [0.25, 0.3) is 16.7 Å². The molecule has 0 amide bonds. The summed E-state index contributed by atoms with van der Waals surface area (Å²) in [6.07, 6.45) is 1.21. The number of hydrogen-bond acceptors (Lipinski definition) is 6. The number of phenolic OH excluding ortho intramolecular Hbond substituents is 1. The lowest BCUT2D eigenvalue weighted by Gasteiger charge is -2.16. The molecule has 0 atom stereocenters. The van der Waals surface area contributed by atoms with Gasteiger partial charge in [-0.15, -0.1) is 0 Å². The molecule has 2 heterocycles. The van der Waals surface area contributed by atoms with Crippen LogP contribution in [0.15, 0.2) is 41.3 Å². The molecule has 8 heteroatoms. The average Bonchev–Trinajstić information content (AvgIpc) is 2.61. The van der Waals surface area contributed by atoms with E-state index in [1.807, 2.05) is 0 Å². The van der Waals surface area contributed by atoms with Gasteiger partial charge in [0.2, 0.25) is 5.43 Å². The van der Waals surface area contributed by atoms with Crippen LogP contribution >= 0.6 is 0 Å². The number of rotatable bonds is 4. The van der Waals surface area contributed by atoms with Gasteiger partial charge < -0.3 is 24.4 Å².